The Balaban J connectivity index is 1.48. The molecule has 1 amide bonds. The molecule has 5 rings (SSSR count). The van der Waals surface area contributed by atoms with Crippen LogP contribution in [0.1, 0.15) is 25.7 Å². The molecule has 0 spiro atoms. The molecule has 1 N–H and O–H groups in total. The first-order chi connectivity index (χ1) is 15.5. The average Bonchev–Trinajstić information content (AvgIpc) is 3.42. The third-order valence-electron chi connectivity index (χ3n) is 5.53. The molecule has 1 aliphatic rings. The summed E-state index contributed by atoms with van der Waals surface area (Å²) in [7, 11) is 0. The lowest BCUT2D eigenvalue weighted by molar-refractivity contribution is 0.0669. The number of carbonyl (C=O) groups excluding carboxylic acids is 1. The minimum Gasteiger partial charge on any atom is -0.478 e. The van der Waals surface area contributed by atoms with Gasteiger partial charge in [0.1, 0.15) is 5.56 Å². The van der Waals surface area contributed by atoms with E-state index in [9.17, 15) is 14.7 Å². The normalized spacial score (nSPS) is 13.1. The second kappa shape index (κ2) is 8.26. The van der Waals surface area contributed by atoms with Crippen molar-refractivity contribution >= 4 is 34.8 Å². The number of carbonyl (C=O) groups is 2. The fraction of sp³-hybridized carbons (Fsp3) is 0.125. The number of rotatable bonds is 4. The van der Waals surface area contributed by atoms with Crippen molar-refractivity contribution in [3.05, 3.63) is 88.0 Å². The van der Waals surface area contributed by atoms with Gasteiger partial charge in [-0.1, -0.05) is 48.0 Å². The Morgan fingerprint density at radius 1 is 1.00 bits per heavy atom. The molecule has 1 aliphatic heterocycles. The summed E-state index contributed by atoms with van der Waals surface area (Å²) in [6.07, 6.45) is 1.72. The fourth-order valence-electron chi connectivity index (χ4n) is 4.05. The molecule has 3 aromatic heterocycles. The van der Waals surface area contributed by atoms with Gasteiger partial charge in [-0.25, -0.2) is 4.79 Å². The summed E-state index contributed by atoms with van der Waals surface area (Å²) in [4.78, 5) is 32.8. The monoisotopic (exact) mass is 463 g/mol. The van der Waals surface area contributed by atoms with Crippen LogP contribution in [-0.4, -0.2) is 38.0 Å². The predicted octanol–water partition coefficient (Wildman–Crippen LogP) is 5.29. The molecule has 0 unspecified atom stereocenters. The number of halogens is 1. The van der Waals surface area contributed by atoms with Crippen molar-refractivity contribution < 1.29 is 14.7 Å². The third-order valence-corrected chi connectivity index (χ3v) is 6.99. The van der Waals surface area contributed by atoms with Crippen molar-refractivity contribution in [2.24, 2.45) is 0 Å². The van der Waals surface area contributed by atoms with Crippen LogP contribution in [0.5, 0.6) is 0 Å². The Morgan fingerprint density at radius 2 is 1.78 bits per heavy atom. The molecule has 0 radical (unpaired) electrons. The number of hydrogen-bond donors (Lipinski definition) is 1. The molecule has 0 atom stereocenters. The number of aromatic carboxylic acids is 1. The second-order valence-corrected chi connectivity index (χ2v) is 8.87. The first kappa shape index (κ1) is 20.5. The van der Waals surface area contributed by atoms with E-state index >= 15 is 0 Å². The number of benzene rings is 1. The molecule has 0 bridgehead atoms. The average molecular weight is 464 g/mol. The van der Waals surface area contributed by atoms with Gasteiger partial charge >= 0.3 is 5.97 Å². The number of aromatic nitrogens is 2. The van der Waals surface area contributed by atoms with Gasteiger partial charge in [-0.3, -0.25) is 9.78 Å². The maximum absolute atomic E-state index is 13.2. The van der Waals surface area contributed by atoms with Crippen LogP contribution in [0.4, 0.5) is 0 Å². The molecule has 0 aliphatic carbocycles. The molecular formula is C24H18ClN3O3S. The first-order valence-corrected chi connectivity index (χ1v) is 11.2. The fourth-order valence-corrected chi connectivity index (χ4v) is 5.40. The summed E-state index contributed by atoms with van der Waals surface area (Å²) >= 11 is 7.94. The highest BCUT2D eigenvalue weighted by atomic mass is 35.5. The van der Waals surface area contributed by atoms with Gasteiger partial charge in [0.2, 0.25) is 0 Å². The van der Waals surface area contributed by atoms with E-state index in [-0.39, 0.29) is 23.0 Å². The quantitative estimate of drug-likeness (QED) is 0.446. The van der Waals surface area contributed by atoms with Crippen molar-refractivity contribution in [3.63, 3.8) is 0 Å². The summed E-state index contributed by atoms with van der Waals surface area (Å²) < 4.78 is 1.93. The molecule has 1 aromatic carbocycles. The van der Waals surface area contributed by atoms with Crippen LogP contribution in [0.25, 0.3) is 21.8 Å². The molecule has 4 aromatic rings. The largest absolute Gasteiger partial charge is 0.478 e. The summed E-state index contributed by atoms with van der Waals surface area (Å²) in [6, 6.07) is 18.8. The smallest absolute Gasteiger partial charge is 0.339 e. The zero-order chi connectivity index (χ0) is 22.2. The Morgan fingerprint density at radius 3 is 2.50 bits per heavy atom. The molecule has 4 heterocycles. The van der Waals surface area contributed by atoms with Gasteiger partial charge in [0.05, 0.1) is 38.4 Å². The third kappa shape index (κ3) is 3.49. The highest BCUT2D eigenvalue weighted by Crippen LogP contribution is 2.38. The van der Waals surface area contributed by atoms with E-state index in [2.05, 4.69) is 4.98 Å². The summed E-state index contributed by atoms with van der Waals surface area (Å²) in [5, 5.41) is 10.1. The van der Waals surface area contributed by atoms with Gasteiger partial charge in [-0.15, -0.1) is 11.3 Å². The van der Waals surface area contributed by atoms with Crippen LogP contribution in [0.3, 0.4) is 0 Å². The number of amides is 1. The maximum atomic E-state index is 13.2. The van der Waals surface area contributed by atoms with Crippen LogP contribution in [0.2, 0.25) is 5.02 Å². The molecule has 8 heteroatoms. The number of thiophene rings is 1. The summed E-state index contributed by atoms with van der Waals surface area (Å²) in [6.45, 7) is 1.12. The number of fused-ring (bicyclic) bond motifs is 1. The highest BCUT2D eigenvalue weighted by Gasteiger charge is 2.32. The summed E-state index contributed by atoms with van der Waals surface area (Å²) in [5.41, 5.74) is 2.95. The van der Waals surface area contributed by atoms with E-state index < -0.39 is 5.97 Å². The van der Waals surface area contributed by atoms with Crippen molar-refractivity contribution in [3.8, 4) is 21.8 Å². The van der Waals surface area contributed by atoms with E-state index in [4.69, 9.17) is 11.6 Å². The number of carboxylic acids is 1. The van der Waals surface area contributed by atoms with Crippen LogP contribution in [0.15, 0.2) is 66.9 Å². The van der Waals surface area contributed by atoms with Crippen LogP contribution < -0.4 is 0 Å². The SMILES string of the molecule is O=C(O)c1c(Cl)c(-c2ccccc2)n2c1CN(C(=O)c1ccc(-c3ccccn3)s1)CC2. The van der Waals surface area contributed by atoms with E-state index in [1.54, 1.807) is 17.2 Å². The molecule has 0 saturated heterocycles. The van der Waals surface area contributed by atoms with Crippen LogP contribution >= 0.6 is 22.9 Å². The van der Waals surface area contributed by atoms with E-state index in [1.807, 2.05) is 59.2 Å². The van der Waals surface area contributed by atoms with Gasteiger partial charge in [-0.2, -0.15) is 0 Å². The second-order valence-electron chi connectivity index (χ2n) is 7.41. The van der Waals surface area contributed by atoms with Gasteiger partial charge in [0.25, 0.3) is 5.91 Å². The number of carboxylic acid groups (broad SMARTS) is 1. The molecule has 0 saturated carbocycles. The van der Waals surface area contributed by atoms with Gasteiger partial charge < -0.3 is 14.6 Å². The predicted molar refractivity (Wildman–Crippen MR) is 124 cm³/mol. The minimum atomic E-state index is -1.09. The van der Waals surface area contributed by atoms with E-state index in [1.165, 1.54) is 11.3 Å². The molecular weight excluding hydrogens is 446 g/mol. The van der Waals surface area contributed by atoms with Crippen LogP contribution in [-0.2, 0) is 13.1 Å². The van der Waals surface area contributed by atoms with Gasteiger partial charge in [0.15, 0.2) is 0 Å². The van der Waals surface area contributed by atoms with Gasteiger partial charge in [-0.05, 0) is 29.8 Å². The van der Waals surface area contributed by atoms with E-state index in [0.29, 0.717) is 29.4 Å². The minimum absolute atomic E-state index is 0.0587. The Bertz CT molecular complexity index is 1320. The number of pyridine rings is 1. The maximum Gasteiger partial charge on any atom is 0.339 e. The lowest BCUT2D eigenvalue weighted by Crippen LogP contribution is -2.38. The highest BCUT2D eigenvalue weighted by molar-refractivity contribution is 7.17. The topological polar surface area (TPSA) is 75.4 Å². The van der Waals surface area contributed by atoms with Crippen LogP contribution in [0, 0.1) is 0 Å². The van der Waals surface area contributed by atoms with Crippen molar-refractivity contribution in [2.75, 3.05) is 6.54 Å². The summed E-state index contributed by atoms with van der Waals surface area (Å²) in [5.74, 6) is -1.22. The van der Waals surface area contributed by atoms with E-state index in [0.717, 1.165) is 16.1 Å². The Labute approximate surface area is 193 Å². The zero-order valence-corrected chi connectivity index (χ0v) is 18.4. The van der Waals surface area contributed by atoms with Crippen molar-refractivity contribution in [1.29, 1.82) is 0 Å². The Hall–Kier alpha value is -3.42. The molecule has 0 fully saturated rings. The first-order valence-electron chi connectivity index (χ1n) is 10.0. The Kier molecular flexibility index (Phi) is 5.28. The number of hydrogen-bond acceptors (Lipinski definition) is 4. The van der Waals surface area contributed by atoms with Crippen molar-refractivity contribution in [1.82, 2.24) is 14.5 Å². The molecule has 6 nitrogen and oxygen atoms in total. The lowest BCUT2D eigenvalue weighted by Gasteiger charge is -2.29. The van der Waals surface area contributed by atoms with Gasteiger partial charge in [0, 0.05) is 19.3 Å². The lowest BCUT2D eigenvalue weighted by atomic mass is 10.1. The standard InChI is InChI=1S/C24H18ClN3O3S/c25-21-20(24(30)31)17-14-27(12-13-28(17)22(21)15-6-2-1-3-7-15)23(29)19-10-9-18(32-19)16-8-4-5-11-26-16/h1-11H,12-14H2,(H,30,31). The zero-order valence-electron chi connectivity index (χ0n) is 16.9. The number of nitrogens with zero attached hydrogens (tertiary/aromatic N) is 3. The van der Waals surface area contributed by atoms with Crippen molar-refractivity contribution in [2.45, 2.75) is 13.1 Å². The molecule has 32 heavy (non-hydrogen) atoms. The molecule has 160 valence electrons.